The van der Waals surface area contributed by atoms with Crippen LogP contribution in [0.5, 0.6) is 0 Å². The molecule has 0 saturated heterocycles. The number of hydrogen-bond acceptors (Lipinski definition) is 9. The first-order valence-corrected chi connectivity index (χ1v) is 11.3. The summed E-state index contributed by atoms with van der Waals surface area (Å²) >= 11 is 0. The third-order valence-electron chi connectivity index (χ3n) is 5.05. The van der Waals surface area contributed by atoms with Gasteiger partial charge in [0.2, 0.25) is 5.91 Å². The molecule has 0 aliphatic heterocycles. The SMILES string of the molecule is O=C(Cn1ccnc(NCC(F)(F)c2ccccn2)c1=O)NCc1ccccc1-n1cnnn1.O=C(O)C(F)(F)F. The quantitative estimate of drug-likeness (QED) is 0.248. The first-order valence-electron chi connectivity index (χ1n) is 11.3. The first kappa shape index (κ1) is 30.3. The van der Waals surface area contributed by atoms with Crippen LogP contribution in [0.3, 0.4) is 0 Å². The largest absolute Gasteiger partial charge is 0.490 e. The van der Waals surface area contributed by atoms with Crippen molar-refractivity contribution in [3.05, 3.63) is 89.0 Å². The Balaban J connectivity index is 0.000000587. The summed E-state index contributed by atoms with van der Waals surface area (Å²) in [6.07, 6.45) is 0.169. The van der Waals surface area contributed by atoms with Crippen LogP contribution in [0.4, 0.5) is 27.8 Å². The summed E-state index contributed by atoms with van der Waals surface area (Å²) in [5.41, 5.74) is 0.308. The van der Waals surface area contributed by atoms with Gasteiger partial charge in [-0.1, -0.05) is 24.3 Å². The highest BCUT2D eigenvalue weighted by Crippen LogP contribution is 2.25. The second-order valence-electron chi connectivity index (χ2n) is 7.94. The molecular weight excluding hydrogens is 561 g/mol. The number of carboxylic acids is 1. The number of benzene rings is 1. The molecule has 0 spiro atoms. The van der Waals surface area contributed by atoms with Crippen LogP contribution in [-0.4, -0.2) is 64.4 Å². The van der Waals surface area contributed by atoms with Crippen molar-refractivity contribution in [2.24, 2.45) is 0 Å². The Morgan fingerprint density at radius 3 is 2.32 bits per heavy atom. The Labute approximate surface area is 226 Å². The number of aromatic nitrogens is 7. The van der Waals surface area contributed by atoms with Gasteiger partial charge >= 0.3 is 18.1 Å². The van der Waals surface area contributed by atoms with Crippen LogP contribution in [0.25, 0.3) is 5.69 Å². The monoisotopic (exact) mass is 581 g/mol. The van der Waals surface area contributed by atoms with Gasteiger partial charge in [-0.25, -0.2) is 14.5 Å². The first-order chi connectivity index (χ1) is 19.4. The fraction of sp³-hybridized carbons (Fsp3) is 0.217. The van der Waals surface area contributed by atoms with E-state index in [-0.39, 0.29) is 18.9 Å². The molecule has 0 fully saturated rings. The summed E-state index contributed by atoms with van der Waals surface area (Å²) < 4.78 is 63.0. The number of carboxylic acid groups (broad SMARTS) is 1. The van der Waals surface area contributed by atoms with Gasteiger partial charge in [0.05, 0.1) is 12.2 Å². The average molecular weight is 581 g/mol. The van der Waals surface area contributed by atoms with Gasteiger partial charge in [0, 0.05) is 25.1 Å². The molecule has 1 aromatic carbocycles. The third-order valence-corrected chi connectivity index (χ3v) is 5.05. The second kappa shape index (κ2) is 13.2. The standard InChI is InChI=1S/C21H19F2N9O2.C2HF3O2/c22-21(23,17-7-3-4-8-24-17)13-27-19-20(34)31(10-9-25-19)12-18(33)26-11-15-5-1-2-6-16(15)32-14-28-29-30-32;3-2(4,5)1(6)7/h1-10,14H,11-13H2,(H,25,27)(H,26,33);(H,6,7). The fourth-order valence-corrected chi connectivity index (χ4v) is 3.12. The van der Waals surface area contributed by atoms with E-state index in [1.807, 2.05) is 6.07 Å². The Bertz CT molecular complexity index is 1510. The molecule has 216 valence electrons. The topological polar surface area (TPSA) is 170 Å². The molecular formula is C23H20F5N9O4. The Morgan fingerprint density at radius 1 is 0.976 bits per heavy atom. The van der Waals surface area contributed by atoms with Crippen molar-refractivity contribution in [3.63, 3.8) is 0 Å². The van der Waals surface area contributed by atoms with Crippen molar-refractivity contribution < 1.29 is 36.6 Å². The summed E-state index contributed by atoms with van der Waals surface area (Å²) in [4.78, 5) is 41.4. The number of alkyl halides is 5. The van der Waals surface area contributed by atoms with E-state index < -0.39 is 41.8 Å². The number of tetrazole rings is 1. The maximum Gasteiger partial charge on any atom is 0.490 e. The van der Waals surface area contributed by atoms with Gasteiger partial charge in [-0.3, -0.25) is 14.6 Å². The molecule has 0 saturated carbocycles. The normalized spacial score (nSPS) is 11.2. The van der Waals surface area contributed by atoms with Crippen LogP contribution in [0.15, 0.2) is 72.2 Å². The number of halogens is 5. The van der Waals surface area contributed by atoms with Crippen LogP contribution < -0.4 is 16.2 Å². The number of carbonyl (C=O) groups is 2. The minimum absolute atomic E-state index is 0.163. The number of anilines is 1. The second-order valence-corrected chi connectivity index (χ2v) is 7.94. The van der Waals surface area contributed by atoms with Crippen molar-refractivity contribution in [1.29, 1.82) is 0 Å². The number of nitrogens with one attached hydrogen (secondary N) is 2. The lowest BCUT2D eigenvalue weighted by Gasteiger charge is -2.16. The summed E-state index contributed by atoms with van der Waals surface area (Å²) in [7, 11) is 0. The highest BCUT2D eigenvalue weighted by Gasteiger charge is 2.38. The minimum atomic E-state index is -5.08. The maximum absolute atomic E-state index is 14.3. The maximum atomic E-state index is 14.3. The van der Waals surface area contributed by atoms with Gasteiger partial charge in [-0.15, -0.1) is 5.10 Å². The van der Waals surface area contributed by atoms with Crippen LogP contribution >= 0.6 is 0 Å². The zero-order valence-corrected chi connectivity index (χ0v) is 20.7. The number of pyridine rings is 1. The highest BCUT2D eigenvalue weighted by molar-refractivity contribution is 5.76. The molecule has 0 bridgehead atoms. The molecule has 0 aliphatic rings. The van der Waals surface area contributed by atoms with Crippen LogP contribution in [0, 0.1) is 0 Å². The predicted octanol–water partition coefficient (Wildman–Crippen LogP) is 1.77. The molecule has 3 heterocycles. The zero-order chi connectivity index (χ0) is 30.0. The van der Waals surface area contributed by atoms with Crippen LogP contribution in [0.2, 0.25) is 0 Å². The average Bonchev–Trinajstić information content (AvgIpc) is 3.48. The smallest absolute Gasteiger partial charge is 0.475 e. The van der Waals surface area contributed by atoms with E-state index in [2.05, 4.69) is 36.1 Å². The minimum Gasteiger partial charge on any atom is -0.475 e. The Hall–Kier alpha value is -5.29. The lowest BCUT2D eigenvalue weighted by atomic mass is 10.2. The van der Waals surface area contributed by atoms with Crippen molar-refractivity contribution in [2.75, 3.05) is 11.9 Å². The van der Waals surface area contributed by atoms with Crippen molar-refractivity contribution in [1.82, 2.24) is 40.1 Å². The van der Waals surface area contributed by atoms with E-state index in [0.717, 1.165) is 10.1 Å². The number of hydrogen-bond donors (Lipinski definition) is 3. The molecule has 4 rings (SSSR count). The summed E-state index contributed by atoms with van der Waals surface area (Å²) in [5, 5.41) is 23.3. The molecule has 3 N–H and O–H groups in total. The number of para-hydroxylation sites is 1. The number of aliphatic carboxylic acids is 1. The van der Waals surface area contributed by atoms with Crippen LogP contribution in [0.1, 0.15) is 11.3 Å². The van der Waals surface area contributed by atoms with Gasteiger partial charge in [0.1, 0.15) is 18.6 Å². The molecule has 0 unspecified atom stereocenters. The molecule has 1 amide bonds. The van der Waals surface area contributed by atoms with E-state index in [9.17, 15) is 31.5 Å². The fourth-order valence-electron chi connectivity index (χ4n) is 3.12. The van der Waals surface area contributed by atoms with E-state index >= 15 is 0 Å². The Morgan fingerprint density at radius 2 is 1.68 bits per heavy atom. The van der Waals surface area contributed by atoms with Crippen LogP contribution in [-0.2, 0) is 28.6 Å². The lowest BCUT2D eigenvalue weighted by Crippen LogP contribution is -2.34. The van der Waals surface area contributed by atoms with Crippen molar-refractivity contribution in [2.45, 2.75) is 25.2 Å². The molecule has 0 radical (unpaired) electrons. The molecule has 18 heteroatoms. The number of carbonyl (C=O) groups excluding carboxylic acids is 1. The van der Waals surface area contributed by atoms with Crippen molar-refractivity contribution >= 4 is 17.7 Å². The van der Waals surface area contributed by atoms with Gasteiger partial charge in [-0.05, 0) is 34.2 Å². The van der Waals surface area contributed by atoms with Gasteiger partial charge in [0.15, 0.2) is 5.82 Å². The highest BCUT2D eigenvalue weighted by atomic mass is 19.4. The number of nitrogens with zero attached hydrogens (tertiary/aromatic N) is 7. The van der Waals surface area contributed by atoms with E-state index in [1.54, 1.807) is 18.2 Å². The predicted molar refractivity (Wildman–Crippen MR) is 130 cm³/mol. The molecule has 13 nitrogen and oxygen atoms in total. The molecule has 0 atom stereocenters. The summed E-state index contributed by atoms with van der Waals surface area (Å²) in [6, 6.07) is 11.4. The third kappa shape index (κ3) is 8.60. The van der Waals surface area contributed by atoms with Gasteiger partial charge < -0.3 is 20.3 Å². The molecule has 0 aliphatic carbocycles. The van der Waals surface area contributed by atoms with Gasteiger partial charge in [-0.2, -0.15) is 22.0 Å². The lowest BCUT2D eigenvalue weighted by molar-refractivity contribution is -0.192. The number of rotatable bonds is 9. The zero-order valence-electron chi connectivity index (χ0n) is 20.7. The molecule has 3 aromatic heterocycles. The summed E-state index contributed by atoms with van der Waals surface area (Å²) in [6.45, 7) is -1.04. The Kier molecular flexibility index (Phi) is 9.72. The van der Waals surface area contributed by atoms with E-state index in [1.165, 1.54) is 47.8 Å². The number of amides is 1. The molecule has 41 heavy (non-hydrogen) atoms. The van der Waals surface area contributed by atoms with Crippen molar-refractivity contribution in [3.8, 4) is 5.69 Å². The van der Waals surface area contributed by atoms with E-state index in [0.29, 0.717) is 5.69 Å². The molecule has 4 aromatic rings. The van der Waals surface area contributed by atoms with E-state index in [4.69, 9.17) is 9.90 Å². The van der Waals surface area contributed by atoms with Gasteiger partial charge in [0.25, 0.3) is 5.56 Å². The summed E-state index contributed by atoms with van der Waals surface area (Å²) in [5.74, 6) is -6.83.